The number of ether oxygens (including phenoxy) is 2. The minimum Gasteiger partial charge on any atom is -0.493 e. The molecule has 2 heterocycles. The van der Waals surface area contributed by atoms with Crippen molar-refractivity contribution in [3.05, 3.63) is 52.6 Å². The van der Waals surface area contributed by atoms with Crippen molar-refractivity contribution >= 4 is 28.9 Å². The molecule has 182 valence electrons. The van der Waals surface area contributed by atoms with E-state index in [0.717, 1.165) is 49.1 Å². The van der Waals surface area contributed by atoms with Crippen molar-refractivity contribution in [2.24, 2.45) is 4.99 Å². The molecule has 0 bridgehead atoms. The number of amides is 1. The average Bonchev–Trinajstić information content (AvgIpc) is 3.16. The molecule has 1 aliphatic heterocycles. The van der Waals surface area contributed by atoms with Crippen LogP contribution in [0.15, 0.2) is 46.4 Å². The number of methoxy groups -OCH3 is 1. The first-order chi connectivity index (χ1) is 16.2. The maximum absolute atomic E-state index is 12.7. The van der Waals surface area contributed by atoms with Crippen molar-refractivity contribution in [1.82, 2.24) is 15.2 Å². The highest BCUT2D eigenvalue weighted by atomic mass is 32.2. The maximum Gasteiger partial charge on any atom is 0.417 e. The number of pyridine rings is 1. The van der Waals surface area contributed by atoms with E-state index < -0.39 is 11.7 Å². The Bertz CT molecular complexity index is 1070. The normalized spacial score (nSPS) is 16.4. The minimum atomic E-state index is -4.47. The SMILES string of the molecule is CCN(CC)CCN=C1NC(=O)S/C1=C\c1ccc(Oc2ccc(C(F)(F)F)cn2)c(OC)c1. The second kappa shape index (κ2) is 11.4. The Kier molecular flexibility index (Phi) is 8.56. The van der Waals surface area contributed by atoms with Crippen molar-refractivity contribution < 1.29 is 27.4 Å². The van der Waals surface area contributed by atoms with E-state index in [-0.39, 0.29) is 11.1 Å². The van der Waals surface area contributed by atoms with Gasteiger partial charge < -0.3 is 19.7 Å². The van der Waals surface area contributed by atoms with Crippen LogP contribution in [0.25, 0.3) is 6.08 Å². The molecule has 0 saturated carbocycles. The summed E-state index contributed by atoms with van der Waals surface area (Å²) in [4.78, 5) is 23.1. The number of carbonyl (C=O) groups excluding carboxylic acids is 1. The number of rotatable bonds is 9. The van der Waals surface area contributed by atoms with E-state index >= 15 is 0 Å². The monoisotopic (exact) mass is 494 g/mol. The Hall–Kier alpha value is -3.05. The highest BCUT2D eigenvalue weighted by Gasteiger charge is 2.30. The number of nitrogens with zero attached hydrogens (tertiary/aromatic N) is 3. The van der Waals surface area contributed by atoms with E-state index in [1.54, 1.807) is 18.2 Å². The number of likely N-dealkylation sites (N-methyl/N-ethyl adjacent to an activating group) is 1. The summed E-state index contributed by atoms with van der Waals surface area (Å²) < 4.78 is 49.1. The molecule has 2 aromatic rings. The number of alkyl halides is 3. The van der Waals surface area contributed by atoms with Crippen LogP contribution in [0, 0.1) is 0 Å². The van der Waals surface area contributed by atoms with Gasteiger partial charge in [0, 0.05) is 18.8 Å². The van der Waals surface area contributed by atoms with Crippen LogP contribution >= 0.6 is 11.8 Å². The summed E-state index contributed by atoms with van der Waals surface area (Å²) in [6, 6.07) is 7.10. The largest absolute Gasteiger partial charge is 0.493 e. The van der Waals surface area contributed by atoms with Crippen LogP contribution in [-0.4, -0.2) is 54.2 Å². The van der Waals surface area contributed by atoms with E-state index in [4.69, 9.17) is 9.47 Å². The molecule has 1 aromatic heterocycles. The summed E-state index contributed by atoms with van der Waals surface area (Å²) in [5.41, 5.74) is -0.124. The van der Waals surface area contributed by atoms with Crippen LogP contribution in [0.3, 0.4) is 0 Å². The van der Waals surface area contributed by atoms with Crippen LogP contribution in [-0.2, 0) is 6.18 Å². The van der Waals surface area contributed by atoms with E-state index in [1.165, 1.54) is 7.11 Å². The van der Waals surface area contributed by atoms with Gasteiger partial charge in [-0.05, 0) is 54.7 Å². The molecule has 0 atom stereocenters. The van der Waals surface area contributed by atoms with Crippen LogP contribution in [0.1, 0.15) is 25.0 Å². The second-order valence-electron chi connectivity index (χ2n) is 7.18. The van der Waals surface area contributed by atoms with Gasteiger partial charge in [0.25, 0.3) is 5.24 Å². The fourth-order valence-corrected chi connectivity index (χ4v) is 3.88. The Balaban J connectivity index is 1.76. The standard InChI is InChI=1S/C23H25F3N4O3S/c1-4-30(5-2)11-10-27-21-19(34-22(31)29-21)13-15-6-8-17(18(12-15)32-3)33-20-9-7-16(14-28-20)23(24,25)26/h6-9,12-14H,4-5,10-11H2,1-3H3,(H,27,29,31)/b19-13-. The van der Waals surface area contributed by atoms with Gasteiger partial charge in [-0.25, -0.2) is 4.98 Å². The van der Waals surface area contributed by atoms with Crippen molar-refractivity contribution in [2.45, 2.75) is 20.0 Å². The second-order valence-corrected chi connectivity index (χ2v) is 8.19. The molecule has 1 saturated heterocycles. The molecule has 34 heavy (non-hydrogen) atoms. The Morgan fingerprint density at radius 2 is 1.94 bits per heavy atom. The van der Waals surface area contributed by atoms with Crippen LogP contribution in [0.5, 0.6) is 17.4 Å². The lowest BCUT2D eigenvalue weighted by molar-refractivity contribution is -0.137. The number of hydrogen-bond acceptors (Lipinski definition) is 7. The number of amidine groups is 1. The topological polar surface area (TPSA) is 76.1 Å². The van der Waals surface area contributed by atoms with Crippen molar-refractivity contribution in [1.29, 1.82) is 0 Å². The number of nitrogens with one attached hydrogen (secondary N) is 1. The molecule has 0 radical (unpaired) electrons. The number of hydrogen-bond donors (Lipinski definition) is 1. The molecule has 7 nitrogen and oxygen atoms in total. The lowest BCUT2D eigenvalue weighted by Crippen LogP contribution is -2.27. The first-order valence-corrected chi connectivity index (χ1v) is 11.4. The summed E-state index contributed by atoms with van der Waals surface area (Å²) in [5.74, 6) is 1.17. The molecular weight excluding hydrogens is 469 g/mol. The number of aliphatic imine (C=N–C) groups is 1. The van der Waals surface area contributed by atoms with Gasteiger partial charge in [0.15, 0.2) is 11.5 Å². The molecule has 1 amide bonds. The van der Waals surface area contributed by atoms with E-state index in [2.05, 4.69) is 34.0 Å². The third-order valence-corrected chi connectivity index (χ3v) is 5.82. The van der Waals surface area contributed by atoms with Gasteiger partial charge >= 0.3 is 6.18 Å². The lowest BCUT2D eigenvalue weighted by atomic mass is 10.2. The highest BCUT2D eigenvalue weighted by Crippen LogP contribution is 2.35. The minimum absolute atomic E-state index is 0.00108. The fraction of sp³-hybridized carbons (Fsp3) is 0.348. The van der Waals surface area contributed by atoms with Crippen LogP contribution in [0.2, 0.25) is 0 Å². The quantitative estimate of drug-likeness (QED) is 0.500. The van der Waals surface area contributed by atoms with Gasteiger partial charge in [0.05, 0.1) is 24.1 Å². The van der Waals surface area contributed by atoms with Crippen LogP contribution in [0.4, 0.5) is 18.0 Å². The summed E-state index contributed by atoms with van der Waals surface area (Å²) >= 11 is 1.06. The zero-order valence-corrected chi connectivity index (χ0v) is 19.8. The van der Waals surface area contributed by atoms with Gasteiger partial charge in [-0.15, -0.1) is 0 Å². The van der Waals surface area contributed by atoms with Gasteiger partial charge in [-0.2, -0.15) is 13.2 Å². The van der Waals surface area contributed by atoms with E-state index in [1.807, 2.05) is 6.08 Å². The predicted octanol–water partition coefficient (Wildman–Crippen LogP) is 5.44. The molecule has 3 rings (SSSR count). The molecule has 11 heteroatoms. The number of aromatic nitrogens is 1. The zero-order valence-electron chi connectivity index (χ0n) is 19.0. The van der Waals surface area contributed by atoms with Crippen molar-refractivity contribution in [3.63, 3.8) is 0 Å². The van der Waals surface area contributed by atoms with Gasteiger partial charge in [0.2, 0.25) is 5.88 Å². The molecule has 0 aliphatic carbocycles. The molecule has 1 fully saturated rings. The van der Waals surface area contributed by atoms with E-state index in [9.17, 15) is 18.0 Å². The van der Waals surface area contributed by atoms with Gasteiger partial charge in [-0.3, -0.25) is 9.79 Å². The number of thioether (sulfide) groups is 1. The summed E-state index contributed by atoms with van der Waals surface area (Å²) in [5, 5.41) is 2.56. The number of carbonyl (C=O) groups is 1. The van der Waals surface area contributed by atoms with Crippen molar-refractivity contribution in [3.8, 4) is 17.4 Å². The number of halogens is 3. The first kappa shape index (κ1) is 25.6. The van der Waals surface area contributed by atoms with Crippen LogP contribution < -0.4 is 14.8 Å². The zero-order chi connectivity index (χ0) is 24.7. The first-order valence-electron chi connectivity index (χ1n) is 10.6. The molecule has 1 aromatic carbocycles. The third kappa shape index (κ3) is 6.73. The third-order valence-electron chi connectivity index (χ3n) is 5.00. The van der Waals surface area contributed by atoms with Crippen molar-refractivity contribution in [2.75, 3.05) is 33.3 Å². The summed E-state index contributed by atoms with van der Waals surface area (Å²) in [6.45, 7) is 7.39. The Morgan fingerprint density at radius 1 is 1.18 bits per heavy atom. The smallest absolute Gasteiger partial charge is 0.417 e. The molecule has 1 aliphatic rings. The van der Waals surface area contributed by atoms with Gasteiger partial charge in [0.1, 0.15) is 5.84 Å². The summed E-state index contributed by atoms with van der Waals surface area (Å²) in [6.07, 6.45) is -1.95. The fourth-order valence-electron chi connectivity index (χ4n) is 3.12. The summed E-state index contributed by atoms with van der Waals surface area (Å²) in [7, 11) is 1.45. The highest BCUT2D eigenvalue weighted by molar-refractivity contribution is 8.18. The molecule has 0 spiro atoms. The average molecular weight is 495 g/mol. The maximum atomic E-state index is 12.7. The van der Waals surface area contributed by atoms with Gasteiger partial charge in [-0.1, -0.05) is 19.9 Å². The number of benzene rings is 1. The molecule has 1 N–H and O–H groups in total. The van der Waals surface area contributed by atoms with E-state index in [0.29, 0.717) is 35.0 Å². The predicted molar refractivity (Wildman–Crippen MR) is 126 cm³/mol. The molecule has 0 unspecified atom stereocenters. The lowest BCUT2D eigenvalue weighted by Gasteiger charge is -2.16. The Labute approximate surface area is 200 Å². The Morgan fingerprint density at radius 3 is 2.56 bits per heavy atom. The molecular formula is C23H25F3N4O3S.